The van der Waals surface area contributed by atoms with Gasteiger partial charge in [0.15, 0.2) is 17.5 Å². The molecule has 0 spiro atoms. The van der Waals surface area contributed by atoms with Crippen LogP contribution in [0, 0.1) is 17.5 Å². The number of halogens is 3. The predicted octanol–water partition coefficient (Wildman–Crippen LogP) is -0.591. The largest absolute Gasteiger partial charge is 0.394 e. The first-order valence-corrected chi connectivity index (χ1v) is 14.8. The molecule has 15 nitrogen and oxygen atoms in total. The molecule has 2 aliphatic heterocycles. The second-order valence-electron chi connectivity index (χ2n) is 10.7. The molecule has 19 heteroatoms. The van der Waals surface area contributed by atoms with Crippen LogP contribution in [0.2, 0.25) is 0 Å². The Labute approximate surface area is 261 Å². The molecule has 3 aromatic heterocycles. The van der Waals surface area contributed by atoms with E-state index in [0.717, 1.165) is 22.6 Å². The average Bonchev–Trinajstić information content (AvgIpc) is 3.74. The minimum atomic E-state index is -1.67. The van der Waals surface area contributed by atoms with Gasteiger partial charge in [-0.25, -0.2) is 22.5 Å². The second kappa shape index (κ2) is 13.3. The van der Waals surface area contributed by atoms with Gasteiger partial charge >= 0.3 is 0 Å². The lowest BCUT2D eigenvalue weighted by Gasteiger charge is -2.46. The molecule has 0 radical (unpaired) electrons. The molecule has 10 atom stereocenters. The molecule has 0 aliphatic carbocycles. The number of aliphatic hydroxyl groups is 6. The quantitative estimate of drug-likeness (QED) is 0.130. The molecular formula is C27H28F3N7O8S. The highest BCUT2D eigenvalue weighted by molar-refractivity contribution is 8.00. The maximum atomic E-state index is 13.8. The molecule has 5 heterocycles. The fourth-order valence-corrected chi connectivity index (χ4v) is 6.77. The minimum absolute atomic E-state index is 0.111. The van der Waals surface area contributed by atoms with Crippen LogP contribution in [0.3, 0.4) is 0 Å². The maximum Gasteiger partial charge on any atom is 0.194 e. The van der Waals surface area contributed by atoms with Crippen molar-refractivity contribution in [2.45, 2.75) is 59.6 Å². The number of hydrogen-bond donors (Lipinski definition) is 6. The van der Waals surface area contributed by atoms with Crippen LogP contribution in [-0.4, -0.2) is 126 Å². The van der Waals surface area contributed by atoms with Gasteiger partial charge in [-0.2, -0.15) is 0 Å². The van der Waals surface area contributed by atoms with Crippen LogP contribution >= 0.6 is 11.8 Å². The third-order valence-electron chi connectivity index (χ3n) is 7.83. The lowest BCUT2D eigenvalue weighted by molar-refractivity contribution is -0.189. The zero-order valence-corrected chi connectivity index (χ0v) is 24.3. The maximum absolute atomic E-state index is 13.8. The van der Waals surface area contributed by atoms with E-state index in [0.29, 0.717) is 23.4 Å². The van der Waals surface area contributed by atoms with E-state index in [1.165, 1.54) is 10.9 Å². The van der Waals surface area contributed by atoms with E-state index < -0.39 is 90.2 Å². The van der Waals surface area contributed by atoms with Crippen molar-refractivity contribution in [1.82, 2.24) is 35.0 Å². The first kappa shape index (κ1) is 32.4. The number of ether oxygens (including phenoxy) is 2. The van der Waals surface area contributed by atoms with E-state index in [1.54, 1.807) is 24.5 Å². The summed E-state index contributed by atoms with van der Waals surface area (Å²) < 4.78 is 54.9. The molecular weight excluding hydrogens is 639 g/mol. The predicted molar refractivity (Wildman–Crippen MR) is 150 cm³/mol. The Morgan fingerprint density at radius 2 is 1.24 bits per heavy atom. The second-order valence-corrected chi connectivity index (χ2v) is 11.9. The Balaban J connectivity index is 1.25. The molecule has 2 fully saturated rings. The van der Waals surface area contributed by atoms with Crippen LogP contribution < -0.4 is 0 Å². The number of pyridine rings is 1. The number of benzene rings is 1. The number of aromatic nitrogens is 7. The minimum Gasteiger partial charge on any atom is -0.394 e. The Morgan fingerprint density at radius 3 is 1.70 bits per heavy atom. The van der Waals surface area contributed by atoms with Gasteiger partial charge in [-0.05, 0) is 24.3 Å². The van der Waals surface area contributed by atoms with Crippen LogP contribution in [0.25, 0.3) is 22.5 Å². The summed E-state index contributed by atoms with van der Waals surface area (Å²) in [6.07, 6.45) is -2.84. The molecule has 2 saturated heterocycles. The lowest BCUT2D eigenvalue weighted by atomic mass is 9.97. The molecule has 6 rings (SSSR count). The highest BCUT2D eigenvalue weighted by atomic mass is 32.2. The standard InChI is InChI=1S/C27H28F3N7O8S/c28-13-4-12(5-14(29)19(13)30)16-8-37(35-33-16)21-23(41)18(10-39)45-27(25(21)43)46-26-24(42)20(22(40)17(9-38)44-26)36-7-15(32-34-36)11-2-1-3-31-6-11/h1-8,17-18,20-27,38-43H,9-10H2/t17-,18?,20?,21+,22?,23+,24-,25?,26+,27+/m1/s1. The van der Waals surface area contributed by atoms with Crippen molar-refractivity contribution in [1.29, 1.82) is 0 Å². The molecule has 2 aliphatic rings. The van der Waals surface area contributed by atoms with Gasteiger partial charge in [0, 0.05) is 23.5 Å². The Morgan fingerprint density at radius 1 is 0.739 bits per heavy atom. The summed E-state index contributed by atoms with van der Waals surface area (Å²) >= 11 is 0.746. The molecule has 4 unspecified atom stereocenters. The van der Waals surface area contributed by atoms with Gasteiger partial charge in [0.25, 0.3) is 0 Å². The smallest absolute Gasteiger partial charge is 0.194 e. The van der Waals surface area contributed by atoms with Crippen molar-refractivity contribution >= 4 is 11.8 Å². The van der Waals surface area contributed by atoms with Gasteiger partial charge in [-0.15, -0.1) is 10.2 Å². The first-order chi connectivity index (χ1) is 22.1. The monoisotopic (exact) mass is 667 g/mol. The van der Waals surface area contributed by atoms with Gasteiger partial charge < -0.3 is 40.1 Å². The number of aliphatic hydroxyl groups excluding tert-OH is 6. The van der Waals surface area contributed by atoms with Crippen molar-refractivity contribution in [2.24, 2.45) is 0 Å². The van der Waals surface area contributed by atoms with Crippen LogP contribution in [0.15, 0.2) is 49.1 Å². The summed E-state index contributed by atoms with van der Waals surface area (Å²) in [5.74, 6) is -4.58. The summed E-state index contributed by atoms with van der Waals surface area (Å²) in [6, 6.07) is 2.34. The van der Waals surface area contributed by atoms with E-state index >= 15 is 0 Å². The summed E-state index contributed by atoms with van der Waals surface area (Å²) in [4.78, 5) is 4.04. The summed E-state index contributed by atoms with van der Waals surface area (Å²) in [6.45, 7) is -1.35. The fourth-order valence-electron chi connectivity index (χ4n) is 5.44. The number of rotatable bonds is 8. The Bertz CT molecular complexity index is 1630. The number of nitrogens with zero attached hydrogens (tertiary/aromatic N) is 7. The third kappa shape index (κ3) is 6.00. The van der Waals surface area contributed by atoms with Crippen LogP contribution in [0.5, 0.6) is 0 Å². The third-order valence-corrected chi connectivity index (χ3v) is 9.15. The van der Waals surface area contributed by atoms with Gasteiger partial charge in [0.2, 0.25) is 0 Å². The van der Waals surface area contributed by atoms with E-state index in [4.69, 9.17) is 9.47 Å². The highest BCUT2D eigenvalue weighted by Gasteiger charge is 2.51. The molecule has 246 valence electrons. The van der Waals surface area contributed by atoms with E-state index in [2.05, 4.69) is 25.6 Å². The van der Waals surface area contributed by atoms with Crippen molar-refractivity contribution in [3.63, 3.8) is 0 Å². The van der Waals surface area contributed by atoms with E-state index in [-0.39, 0.29) is 11.3 Å². The number of thioether (sulfide) groups is 1. The molecule has 6 N–H and O–H groups in total. The SMILES string of the molecule is OCC1O[C@@H](S[C@@H]2O[C@H](CO)C(O)C(n3cc(-c4cccnc4)nn3)[C@H]2O)C(O)[C@@H](n2cc(-c3cc(F)c(F)c(F)c3)nn2)[C@H]1O. The van der Waals surface area contributed by atoms with Crippen molar-refractivity contribution in [3.8, 4) is 22.5 Å². The van der Waals surface area contributed by atoms with E-state index in [9.17, 15) is 43.8 Å². The van der Waals surface area contributed by atoms with Crippen molar-refractivity contribution < 1.29 is 53.3 Å². The molecule has 0 bridgehead atoms. The van der Waals surface area contributed by atoms with Gasteiger partial charge in [0.05, 0.1) is 25.6 Å². The van der Waals surface area contributed by atoms with Crippen LogP contribution in [-0.2, 0) is 9.47 Å². The topological polar surface area (TPSA) is 214 Å². The Hall–Kier alpha value is -3.53. The molecule has 0 saturated carbocycles. The van der Waals surface area contributed by atoms with Crippen molar-refractivity contribution in [2.75, 3.05) is 13.2 Å². The van der Waals surface area contributed by atoms with Crippen molar-refractivity contribution in [3.05, 3.63) is 66.5 Å². The average molecular weight is 668 g/mol. The normalized spacial score (nSPS) is 31.7. The van der Waals surface area contributed by atoms with Gasteiger partial charge in [-0.3, -0.25) is 4.98 Å². The first-order valence-electron chi connectivity index (χ1n) is 13.9. The zero-order chi connectivity index (χ0) is 32.7. The van der Waals surface area contributed by atoms with Gasteiger partial charge in [-0.1, -0.05) is 22.2 Å². The molecule has 4 aromatic rings. The lowest BCUT2D eigenvalue weighted by Crippen LogP contribution is -2.58. The Kier molecular flexibility index (Phi) is 9.37. The van der Waals surface area contributed by atoms with Crippen LogP contribution in [0.4, 0.5) is 13.2 Å². The van der Waals surface area contributed by atoms with E-state index in [1.807, 2.05) is 0 Å². The molecule has 46 heavy (non-hydrogen) atoms. The van der Waals surface area contributed by atoms with Gasteiger partial charge in [0.1, 0.15) is 71.0 Å². The molecule has 0 amide bonds. The molecule has 1 aromatic carbocycles. The summed E-state index contributed by atoms with van der Waals surface area (Å²) in [7, 11) is 0. The number of hydrogen-bond acceptors (Lipinski definition) is 14. The summed E-state index contributed by atoms with van der Waals surface area (Å²) in [5, 5.41) is 80.4. The fraction of sp³-hybridized carbons (Fsp3) is 0.444. The summed E-state index contributed by atoms with van der Waals surface area (Å²) in [5.41, 5.74) is -1.82. The highest BCUT2D eigenvalue weighted by Crippen LogP contribution is 2.42. The zero-order valence-electron chi connectivity index (χ0n) is 23.5. The van der Waals surface area contributed by atoms with Crippen LogP contribution in [0.1, 0.15) is 12.1 Å².